The van der Waals surface area contributed by atoms with Gasteiger partial charge in [-0.1, -0.05) is 23.8 Å². The van der Waals surface area contributed by atoms with Crippen LogP contribution in [0.1, 0.15) is 27.2 Å². The molecule has 2 aromatic carbocycles. The van der Waals surface area contributed by atoms with Gasteiger partial charge in [-0.3, -0.25) is 14.9 Å². The molecule has 0 unspecified atom stereocenters. The number of nitrogens with zero attached hydrogens (tertiary/aromatic N) is 2. The summed E-state index contributed by atoms with van der Waals surface area (Å²) >= 11 is 0. The van der Waals surface area contributed by atoms with Crippen molar-refractivity contribution < 1.29 is 9.90 Å². The summed E-state index contributed by atoms with van der Waals surface area (Å²) in [6.07, 6.45) is 1.46. The predicted octanol–water partition coefficient (Wildman–Crippen LogP) is 3.23. The van der Waals surface area contributed by atoms with E-state index in [-0.39, 0.29) is 11.1 Å². The number of H-pyrrole nitrogens is 1. The quantitative estimate of drug-likeness (QED) is 0.718. The molecule has 1 aromatic heterocycles. The van der Waals surface area contributed by atoms with E-state index < -0.39 is 5.97 Å². The molecule has 0 aliphatic carbocycles. The van der Waals surface area contributed by atoms with Gasteiger partial charge in [0.2, 0.25) is 0 Å². The number of carbonyl (C=O) groups is 1. The molecule has 25 heavy (non-hydrogen) atoms. The first kappa shape index (κ1) is 16.4. The summed E-state index contributed by atoms with van der Waals surface area (Å²) in [5.74, 6) is -1.02. The summed E-state index contributed by atoms with van der Waals surface area (Å²) in [5.41, 5.74) is 3.38. The molecule has 2 N–H and O–H groups in total. The predicted molar refractivity (Wildman–Crippen MR) is 96.5 cm³/mol. The van der Waals surface area contributed by atoms with Crippen molar-refractivity contribution in [2.24, 2.45) is 4.99 Å². The summed E-state index contributed by atoms with van der Waals surface area (Å²) in [5, 5.41) is 12.1. The van der Waals surface area contributed by atoms with Crippen molar-refractivity contribution in [3.63, 3.8) is 0 Å². The van der Waals surface area contributed by atoms with Crippen molar-refractivity contribution in [1.82, 2.24) is 9.78 Å². The van der Waals surface area contributed by atoms with E-state index in [0.29, 0.717) is 16.9 Å². The number of carboxylic acid groups (broad SMARTS) is 1. The molecule has 0 aliphatic rings. The Balaban J connectivity index is 1.96. The Morgan fingerprint density at radius 2 is 1.88 bits per heavy atom. The second kappa shape index (κ2) is 6.60. The Hall–Kier alpha value is -3.41. The lowest BCUT2D eigenvalue weighted by Crippen LogP contribution is -2.17. The summed E-state index contributed by atoms with van der Waals surface area (Å²) in [6.45, 7) is 3.77. The first-order valence-corrected chi connectivity index (χ1v) is 7.72. The number of hydrogen-bond acceptors (Lipinski definition) is 3. The zero-order valence-electron chi connectivity index (χ0n) is 13.9. The average molecular weight is 335 g/mol. The SMILES string of the molecule is Cc1ccc(-n2[nH]c(C)c(C=Nc3cccc(C(=O)O)c3)c2=O)cc1. The van der Waals surface area contributed by atoms with Gasteiger partial charge in [0.25, 0.3) is 5.56 Å². The van der Waals surface area contributed by atoms with Gasteiger partial charge in [0.05, 0.1) is 22.5 Å². The molecule has 0 saturated heterocycles. The lowest BCUT2D eigenvalue weighted by atomic mass is 10.2. The van der Waals surface area contributed by atoms with E-state index in [1.165, 1.54) is 23.0 Å². The Labute approximate surface area is 144 Å². The zero-order valence-corrected chi connectivity index (χ0v) is 13.9. The number of aliphatic imine (C=N–C) groups is 1. The lowest BCUT2D eigenvalue weighted by molar-refractivity contribution is 0.0697. The Morgan fingerprint density at radius 3 is 2.56 bits per heavy atom. The molecule has 0 aliphatic heterocycles. The fourth-order valence-corrected chi connectivity index (χ4v) is 2.45. The molecule has 0 spiro atoms. The van der Waals surface area contributed by atoms with Crippen LogP contribution in [0.3, 0.4) is 0 Å². The molecule has 126 valence electrons. The first-order chi connectivity index (χ1) is 12.0. The smallest absolute Gasteiger partial charge is 0.335 e. The van der Waals surface area contributed by atoms with Crippen LogP contribution >= 0.6 is 0 Å². The highest BCUT2D eigenvalue weighted by Gasteiger charge is 2.10. The maximum Gasteiger partial charge on any atom is 0.335 e. The Bertz CT molecular complexity index is 1010. The highest BCUT2D eigenvalue weighted by molar-refractivity contribution is 5.89. The number of aromatic carboxylic acids is 1. The number of hydrogen-bond donors (Lipinski definition) is 2. The fourth-order valence-electron chi connectivity index (χ4n) is 2.45. The van der Waals surface area contributed by atoms with Crippen LogP contribution in [0.25, 0.3) is 5.69 Å². The topological polar surface area (TPSA) is 87.4 Å². The molecule has 0 fully saturated rings. The van der Waals surface area contributed by atoms with Gasteiger partial charge >= 0.3 is 5.97 Å². The van der Waals surface area contributed by atoms with Crippen LogP contribution < -0.4 is 5.56 Å². The molecule has 0 saturated carbocycles. The summed E-state index contributed by atoms with van der Waals surface area (Å²) < 4.78 is 1.46. The van der Waals surface area contributed by atoms with Crippen molar-refractivity contribution in [3.05, 3.63) is 81.3 Å². The first-order valence-electron chi connectivity index (χ1n) is 7.72. The fraction of sp³-hybridized carbons (Fsp3) is 0.105. The number of aromatic nitrogens is 2. The molecular weight excluding hydrogens is 318 g/mol. The summed E-state index contributed by atoms with van der Waals surface area (Å²) in [6, 6.07) is 13.8. The number of nitrogens with one attached hydrogen (secondary N) is 1. The molecule has 6 nitrogen and oxygen atoms in total. The second-order valence-corrected chi connectivity index (χ2v) is 5.74. The Morgan fingerprint density at radius 1 is 1.16 bits per heavy atom. The maximum absolute atomic E-state index is 12.6. The average Bonchev–Trinajstić information content (AvgIpc) is 2.88. The highest BCUT2D eigenvalue weighted by atomic mass is 16.4. The minimum atomic E-state index is -1.02. The van der Waals surface area contributed by atoms with E-state index in [4.69, 9.17) is 5.11 Å². The van der Waals surface area contributed by atoms with Gasteiger partial charge in [-0.2, -0.15) is 0 Å². The van der Waals surface area contributed by atoms with Gasteiger partial charge in [-0.15, -0.1) is 0 Å². The lowest BCUT2D eigenvalue weighted by Gasteiger charge is -2.01. The van der Waals surface area contributed by atoms with E-state index in [1.54, 1.807) is 19.1 Å². The van der Waals surface area contributed by atoms with Gasteiger partial charge in [0.1, 0.15) is 0 Å². The van der Waals surface area contributed by atoms with Crippen LogP contribution in [0.4, 0.5) is 5.69 Å². The third kappa shape index (κ3) is 3.42. The second-order valence-electron chi connectivity index (χ2n) is 5.74. The minimum Gasteiger partial charge on any atom is -0.478 e. The summed E-state index contributed by atoms with van der Waals surface area (Å²) in [4.78, 5) is 27.9. The number of benzene rings is 2. The van der Waals surface area contributed by atoms with E-state index in [9.17, 15) is 9.59 Å². The van der Waals surface area contributed by atoms with Gasteiger partial charge < -0.3 is 5.11 Å². The normalized spacial score (nSPS) is 11.1. The van der Waals surface area contributed by atoms with E-state index in [0.717, 1.165) is 11.3 Å². The largest absolute Gasteiger partial charge is 0.478 e. The number of aromatic amines is 1. The van der Waals surface area contributed by atoms with Crippen LogP contribution in [-0.4, -0.2) is 27.1 Å². The molecule has 0 amide bonds. The molecule has 0 radical (unpaired) electrons. The standard InChI is InChI=1S/C19H17N3O3/c1-12-6-8-16(9-7-12)22-18(23)17(13(2)21-22)11-20-15-5-3-4-14(10-15)19(24)25/h3-11,21H,1-2H3,(H,24,25). The maximum atomic E-state index is 12.6. The molecule has 0 atom stereocenters. The molecule has 3 aromatic rings. The zero-order chi connectivity index (χ0) is 18.0. The van der Waals surface area contributed by atoms with Crippen LogP contribution in [0, 0.1) is 13.8 Å². The van der Waals surface area contributed by atoms with Crippen molar-refractivity contribution in [3.8, 4) is 5.69 Å². The van der Waals surface area contributed by atoms with Gasteiger partial charge in [-0.05, 0) is 44.2 Å². The monoisotopic (exact) mass is 335 g/mol. The molecular formula is C19H17N3O3. The third-order valence-electron chi connectivity index (χ3n) is 3.85. The molecule has 1 heterocycles. The van der Waals surface area contributed by atoms with Crippen molar-refractivity contribution in [2.45, 2.75) is 13.8 Å². The Kier molecular flexibility index (Phi) is 4.35. The molecule has 3 rings (SSSR count). The van der Waals surface area contributed by atoms with Crippen molar-refractivity contribution in [2.75, 3.05) is 0 Å². The van der Waals surface area contributed by atoms with Gasteiger partial charge in [-0.25, -0.2) is 9.48 Å². The number of rotatable bonds is 4. The van der Waals surface area contributed by atoms with Crippen molar-refractivity contribution in [1.29, 1.82) is 0 Å². The number of carboxylic acids is 1. The molecule has 0 bridgehead atoms. The van der Waals surface area contributed by atoms with E-state index >= 15 is 0 Å². The summed E-state index contributed by atoms with van der Waals surface area (Å²) in [7, 11) is 0. The van der Waals surface area contributed by atoms with Crippen LogP contribution in [-0.2, 0) is 0 Å². The molecule has 6 heteroatoms. The van der Waals surface area contributed by atoms with Crippen LogP contribution in [0.5, 0.6) is 0 Å². The highest BCUT2D eigenvalue weighted by Crippen LogP contribution is 2.14. The van der Waals surface area contributed by atoms with E-state index in [1.807, 2.05) is 31.2 Å². The minimum absolute atomic E-state index is 0.150. The van der Waals surface area contributed by atoms with Crippen LogP contribution in [0.15, 0.2) is 58.3 Å². The van der Waals surface area contributed by atoms with Crippen LogP contribution in [0.2, 0.25) is 0 Å². The van der Waals surface area contributed by atoms with Crippen molar-refractivity contribution >= 4 is 17.9 Å². The van der Waals surface area contributed by atoms with E-state index in [2.05, 4.69) is 10.1 Å². The van der Waals surface area contributed by atoms with Gasteiger partial charge in [0, 0.05) is 11.9 Å². The third-order valence-corrected chi connectivity index (χ3v) is 3.85. The van der Waals surface area contributed by atoms with Gasteiger partial charge in [0.15, 0.2) is 0 Å². The number of aryl methyl sites for hydroxylation is 2.